The van der Waals surface area contributed by atoms with Crippen molar-refractivity contribution in [3.8, 4) is 0 Å². The number of hydrogen-bond acceptors (Lipinski definition) is 3. The minimum Gasteiger partial charge on any atom is -0.352 e. The molecule has 0 unspecified atom stereocenters. The van der Waals surface area contributed by atoms with Crippen LogP contribution in [-0.4, -0.2) is 29.9 Å². The van der Waals surface area contributed by atoms with Gasteiger partial charge in [0.05, 0.1) is 0 Å². The molecular formula is C15H24N2OS. The fourth-order valence-corrected chi connectivity index (χ4v) is 3.89. The van der Waals surface area contributed by atoms with Crippen LogP contribution in [0.15, 0.2) is 12.1 Å². The summed E-state index contributed by atoms with van der Waals surface area (Å²) in [5, 5.41) is 3.01. The van der Waals surface area contributed by atoms with E-state index in [4.69, 9.17) is 0 Å². The van der Waals surface area contributed by atoms with E-state index in [2.05, 4.69) is 36.2 Å². The van der Waals surface area contributed by atoms with Crippen molar-refractivity contribution in [2.45, 2.75) is 46.2 Å². The van der Waals surface area contributed by atoms with Gasteiger partial charge in [-0.25, -0.2) is 0 Å². The molecule has 0 saturated carbocycles. The van der Waals surface area contributed by atoms with Crippen LogP contribution in [0.25, 0.3) is 0 Å². The molecule has 1 fully saturated rings. The molecule has 1 aromatic heterocycles. The molecule has 1 N–H and O–H groups in total. The molecule has 4 heteroatoms. The van der Waals surface area contributed by atoms with E-state index in [0.29, 0.717) is 6.04 Å². The smallest absolute Gasteiger partial charge is 0.217 e. The van der Waals surface area contributed by atoms with E-state index in [1.807, 2.05) is 11.3 Å². The molecule has 1 aliphatic rings. The van der Waals surface area contributed by atoms with Crippen molar-refractivity contribution in [3.63, 3.8) is 0 Å². The SMILES string of the molecule is CC(=O)N[C@@H]1CCN(Cc2ccc(CC(C)C)s2)C1. The molecule has 1 saturated heterocycles. The first-order valence-corrected chi connectivity index (χ1v) is 7.91. The molecule has 3 nitrogen and oxygen atoms in total. The summed E-state index contributed by atoms with van der Waals surface area (Å²) in [6.45, 7) is 9.22. The van der Waals surface area contributed by atoms with Crippen molar-refractivity contribution in [1.29, 1.82) is 0 Å². The van der Waals surface area contributed by atoms with Crippen LogP contribution in [0.4, 0.5) is 0 Å². The van der Waals surface area contributed by atoms with Gasteiger partial charge in [0.25, 0.3) is 0 Å². The third-order valence-corrected chi connectivity index (χ3v) is 4.48. The summed E-state index contributed by atoms with van der Waals surface area (Å²) in [7, 11) is 0. The fourth-order valence-electron chi connectivity index (χ4n) is 2.62. The highest BCUT2D eigenvalue weighted by atomic mass is 32.1. The number of rotatable bonds is 5. The van der Waals surface area contributed by atoms with E-state index >= 15 is 0 Å². The Hall–Kier alpha value is -0.870. The van der Waals surface area contributed by atoms with E-state index in [0.717, 1.165) is 32.0 Å². The average Bonchev–Trinajstić information content (AvgIpc) is 2.88. The van der Waals surface area contributed by atoms with Gasteiger partial charge < -0.3 is 5.32 Å². The number of hydrogen-bond donors (Lipinski definition) is 1. The van der Waals surface area contributed by atoms with Crippen molar-refractivity contribution in [2.24, 2.45) is 5.92 Å². The molecule has 1 atom stereocenters. The number of thiophene rings is 1. The Balaban J connectivity index is 1.82. The lowest BCUT2D eigenvalue weighted by molar-refractivity contribution is -0.119. The first-order chi connectivity index (χ1) is 9.02. The van der Waals surface area contributed by atoms with Gasteiger partial charge in [0.2, 0.25) is 5.91 Å². The second-order valence-corrected chi connectivity index (χ2v) is 7.14. The van der Waals surface area contributed by atoms with Gasteiger partial charge in [0, 0.05) is 42.4 Å². The van der Waals surface area contributed by atoms with Crippen molar-refractivity contribution in [3.05, 3.63) is 21.9 Å². The molecule has 0 aliphatic carbocycles. The number of likely N-dealkylation sites (tertiary alicyclic amines) is 1. The topological polar surface area (TPSA) is 32.3 Å². The van der Waals surface area contributed by atoms with Gasteiger partial charge in [-0.3, -0.25) is 9.69 Å². The molecule has 1 amide bonds. The van der Waals surface area contributed by atoms with Crippen molar-refractivity contribution in [1.82, 2.24) is 10.2 Å². The Morgan fingerprint density at radius 1 is 1.47 bits per heavy atom. The van der Waals surface area contributed by atoms with Crippen LogP contribution >= 0.6 is 11.3 Å². The molecule has 1 aliphatic heterocycles. The van der Waals surface area contributed by atoms with Gasteiger partial charge in [-0.2, -0.15) is 0 Å². The average molecular weight is 280 g/mol. The minimum absolute atomic E-state index is 0.0854. The van der Waals surface area contributed by atoms with Crippen LogP contribution in [0.2, 0.25) is 0 Å². The lowest BCUT2D eigenvalue weighted by Crippen LogP contribution is -2.35. The van der Waals surface area contributed by atoms with Gasteiger partial charge in [-0.15, -0.1) is 11.3 Å². The number of carbonyl (C=O) groups excluding carboxylic acids is 1. The monoisotopic (exact) mass is 280 g/mol. The molecule has 0 spiro atoms. The molecule has 1 aromatic rings. The van der Waals surface area contributed by atoms with Crippen LogP contribution in [0, 0.1) is 5.92 Å². The predicted octanol–water partition coefficient (Wildman–Crippen LogP) is 2.66. The first kappa shape index (κ1) is 14.5. The Morgan fingerprint density at radius 3 is 2.89 bits per heavy atom. The third-order valence-electron chi connectivity index (χ3n) is 3.39. The van der Waals surface area contributed by atoms with Gasteiger partial charge in [0.15, 0.2) is 0 Å². The highest BCUT2D eigenvalue weighted by molar-refractivity contribution is 7.11. The van der Waals surface area contributed by atoms with Crippen molar-refractivity contribution < 1.29 is 4.79 Å². The van der Waals surface area contributed by atoms with Crippen molar-refractivity contribution >= 4 is 17.2 Å². The van der Waals surface area contributed by atoms with Gasteiger partial charge >= 0.3 is 0 Å². The maximum Gasteiger partial charge on any atom is 0.217 e. The Morgan fingerprint density at radius 2 is 2.21 bits per heavy atom. The molecular weight excluding hydrogens is 256 g/mol. The number of carbonyl (C=O) groups is 1. The molecule has 106 valence electrons. The standard InChI is InChI=1S/C15H24N2OS/c1-11(2)8-14-4-5-15(19-14)10-17-7-6-13(9-17)16-12(3)18/h4-5,11,13H,6-10H2,1-3H3,(H,16,18)/t13-/m1/s1. The summed E-state index contributed by atoms with van der Waals surface area (Å²) < 4.78 is 0. The van der Waals surface area contributed by atoms with Crippen LogP contribution < -0.4 is 5.32 Å². The van der Waals surface area contributed by atoms with E-state index in [9.17, 15) is 4.79 Å². The molecule has 0 radical (unpaired) electrons. The molecule has 0 aromatic carbocycles. The quantitative estimate of drug-likeness (QED) is 0.899. The zero-order chi connectivity index (χ0) is 13.8. The Bertz CT molecular complexity index is 428. The van der Waals surface area contributed by atoms with E-state index in [1.54, 1.807) is 6.92 Å². The van der Waals surface area contributed by atoms with E-state index in [-0.39, 0.29) is 5.91 Å². The zero-order valence-corrected chi connectivity index (χ0v) is 12.9. The van der Waals surface area contributed by atoms with Crippen molar-refractivity contribution in [2.75, 3.05) is 13.1 Å². The summed E-state index contributed by atoms with van der Waals surface area (Å²) in [6, 6.07) is 4.86. The van der Waals surface area contributed by atoms with Gasteiger partial charge in [0.1, 0.15) is 0 Å². The van der Waals surface area contributed by atoms with Crippen LogP contribution in [0.1, 0.15) is 36.9 Å². The lowest BCUT2D eigenvalue weighted by Gasteiger charge is -2.15. The Labute approximate surface area is 120 Å². The molecule has 19 heavy (non-hydrogen) atoms. The summed E-state index contributed by atoms with van der Waals surface area (Å²) in [5.41, 5.74) is 0. The highest BCUT2D eigenvalue weighted by Crippen LogP contribution is 2.22. The fraction of sp³-hybridized carbons (Fsp3) is 0.667. The van der Waals surface area contributed by atoms with Crippen LogP contribution in [-0.2, 0) is 17.8 Å². The van der Waals surface area contributed by atoms with Gasteiger partial charge in [-0.1, -0.05) is 13.8 Å². The molecule has 2 heterocycles. The van der Waals surface area contributed by atoms with Gasteiger partial charge in [-0.05, 0) is 30.9 Å². The predicted molar refractivity (Wildman–Crippen MR) is 80.4 cm³/mol. The number of nitrogens with zero attached hydrogens (tertiary/aromatic N) is 1. The van der Waals surface area contributed by atoms with Crippen LogP contribution in [0.5, 0.6) is 0 Å². The second-order valence-electron chi connectivity index (χ2n) is 5.89. The maximum absolute atomic E-state index is 11.0. The molecule has 2 rings (SSSR count). The summed E-state index contributed by atoms with van der Waals surface area (Å²) >= 11 is 1.93. The lowest BCUT2D eigenvalue weighted by atomic mass is 10.1. The molecule has 0 bridgehead atoms. The zero-order valence-electron chi connectivity index (χ0n) is 12.1. The largest absolute Gasteiger partial charge is 0.352 e. The van der Waals surface area contributed by atoms with E-state index in [1.165, 1.54) is 16.2 Å². The second kappa shape index (κ2) is 6.53. The number of amides is 1. The summed E-state index contributed by atoms with van der Waals surface area (Å²) in [6.07, 6.45) is 2.25. The summed E-state index contributed by atoms with van der Waals surface area (Å²) in [4.78, 5) is 16.4. The minimum atomic E-state index is 0.0854. The van der Waals surface area contributed by atoms with E-state index < -0.39 is 0 Å². The normalized spacial score (nSPS) is 20.1. The highest BCUT2D eigenvalue weighted by Gasteiger charge is 2.23. The summed E-state index contributed by atoms with van der Waals surface area (Å²) in [5.74, 6) is 0.810. The first-order valence-electron chi connectivity index (χ1n) is 7.10. The maximum atomic E-state index is 11.0. The third kappa shape index (κ3) is 4.62. The Kier molecular flexibility index (Phi) is 4.99. The van der Waals surface area contributed by atoms with Crippen LogP contribution in [0.3, 0.4) is 0 Å². The number of nitrogens with one attached hydrogen (secondary N) is 1.